The molecule has 2 rings (SSSR count). The first kappa shape index (κ1) is 13.3. The van der Waals surface area contributed by atoms with Gasteiger partial charge < -0.3 is 15.4 Å². The van der Waals surface area contributed by atoms with E-state index in [0.29, 0.717) is 32.6 Å². The van der Waals surface area contributed by atoms with E-state index in [4.69, 9.17) is 4.74 Å². The number of carbonyl (C=O) groups excluding carboxylic acids is 2. The minimum absolute atomic E-state index is 0.0888. The third-order valence-electron chi connectivity index (χ3n) is 3.51. The fourth-order valence-corrected chi connectivity index (χ4v) is 2.47. The fourth-order valence-electron chi connectivity index (χ4n) is 2.47. The number of piperidine rings is 1. The lowest BCUT2D eigenvalue weighted by Gasteiger charge is -2.31. The Morgan fingerprint density at radius 3 is 2.67 bits per heavy atom. The average molecular weight is 255 g/mol. The molecule has 0 aliphatic carbocycles. The molecule has 0 bridgehead atoms. The largest absolute Gasteiger partial charge is 0.380 e. The number of urea groups is 1. The molecular weight excluding hydrogens is 234 g/mol. The number of hydrogen-bond donors (Lipinski definition) is 2. The number of rotatable bonds is 5. The lowest BCUT2D eigenvalue weighted by Crippen LogP contribution is -2.54. The van der Waals surface area contributed by atoms with Crippen molar-refractivity contribution in [2.75, 3.05) is 32.8 Å². The molecule has 6 nitrogen and oxygen atoms in total. The van der Waals surface area contributed by atoms with Crippen LogP contribution in [0.4, 0.5) is 4.79 Å². The number of hydrogen-bond acceptors (Lipinski definition) is 4. The number of carbonyl (C=O) groups is 2. The normalized spacial score (nSPS) is 22.6. The van der Waals surface area contributed by atoms with Crippen molar-refractivity contribution < 1.29 is 14.3 Å². The van der Waals surface area contributed by atoms with E-state index >= 15 is 0 Å². The Morgan fingerprint density at radius 2 is 2.00 bits per heavy atom. The second kappa shape index (κ2) is 5.67. The molecular formula is C12H21N3O3. The molecule has 0 aromatic rings. The molecule has 0 aromatic heterocycles. The van der Waals surface area contributed by atoms with E-state index in [2.05, 4.69) is 10.6 Å². The van der Waals surface area contributed by atoms with Gasteiger partial charge in [-0.15, -0.1) is 0 Å². The van der Waals surface area contributed by atoms with Crippen LogP contribution in [-0.4, -0.2) is 55.2 Å². The fraction of sp³-hybridized carbons (Fsp3) is 0.833. The molecule has 1 spiro atoms. The minimum atomic E-state index is -0.660. The van der Waals surface area contributed by atoms with Gasteiger partial charge in [0, 0.05) is 6.61 Å². The molecule has 2 fully saturated rings. The van der Waals surface area contributed by atoms with Crippen LogP contribution in [0.15, 0.2) is 0 Å². The SMILES string of the molecule is CCCOCCN1C(=O)NC2(CCNCC2)C1=O. The summed E-state index contributed by atoms with van der Waals surface area (Å²) < 4.78 is 5.33. The van der Waals surface area contributed by atoms with Crippen LogP contribution < -0.4 is 10.6 Å². The lowest BCUT2D eigenvalue weighted by molar-refractivity contribution is -0.132. The molecule has 0 saturated carbocycles. The van der Waals surface area contributed by atoms with Gasteiger partial charge in [-0.1, -0.05) is 6.92 Å². The lowest BCUT2D eigenvalue weighted by atomic mass is 9.88. The highest BCUT2D eigenvalue weighted by molar-refractivity contribution is 6.07. The van der Waals surface area contributed by atoms with Gasteiger partial charge in [-0.05, 0) is 32.4 Å². The summed E-state index contributed by atoms with van der Waals surface area (Å²) in [5.74, 6) is -0.0888. The Labute approximate surface area is 107 Å². The second-order valence-corrected chi connectivity index (χ2v) is 4.83. The zero-order valence-corrected chi connectivity index (χ0v) is 10.8. The van der Waals surface area contributed by atoms with Crippen LogP contribution >= 0.6 is 0 Å². The Balaban J connectivity index is 1.92. The van der Waals surface area contributed by atoms with Gasteiger partial charge in [0.15, 0.2) is 0 Å². The average Bonchev–Trinajstić information content (AvgIpc) is 2.59. The summed E-state index contributed by atoms with van der Waals surface area (Å²) in [5, 5.41) is 6.05. The van der Waals surface area contributed by atoms with Crippen molar-refractivity contribution in [1.29, 1.82) is 0 Å². The van der Waals surface area contributed by atoms with Gasteiger partial charge >= 0.3 is 6.03 Å². The molecule has 0 unspecified atom stereocenters. The maximum Gasteiger partial charge on any atom is 0.325 e. The monoisotopic (exact) mass is 255 g/mol. The van der Waals surface area contributed by atoms with Crippen LogP contribution in [0.25, 0.3) is 0 Å². The second-order valence-electron chi connectivity index (χ2n) is 4.83. The number of imide groups is 1. The maximum atomic E-state index is 12.3. The molecule has 2 N–H and O–H groups in total. The van der Waals surface area contributed by atoms with Gasteiger partial charge in [-0.3, -0.25) is 9.69 Å². The summed E-state index contributed by atoms with van der Waals surface area (Å²) in [5.41, 5.74) is -0.660. The van der Waals surface area contributed by atoms with E-state index in [-0.39, 0.29) is 11.9 Å². The molecule has 2 aliphatic rings. The first-order valence-electron chi connectivity index (χ1n) is 6.62. The number of amides is 3. The van der Waals surface area contributed by atoms with Gasteiger partial charge in [0.2, 0.25) is 0 Å². The van der Waals surface area contributed by atoms with Crippen LogP contribution in [0.5, 0.6) is 0 Å². The third-order valence-corrected chi connectivity index (χ3v) is 3.51. The summed E-state index contributed by atoms with van der Waals surface area (Å²) in [6.45, 7) is 5.00. The molecule has 0 aromatic carbocycles. The number of nitrogens with zero attached hydrogens (tertiary/aromatic N) is 1. The molecule has 102 valence electrons. The standard InChI is InChI=1S/C12H21N3O3/c1-2-8-18-9-7-15-10(16)12(14-11(15)17)3-5-13-6-4-12/h13H,2-9H2,1H3,(H,14,17). The summed E-state index contributed by atoms with van der Waals surface area (Å²) in [6, 6.07) is -0.276. The molecule has 0 atom stereocenters. The zero-order chi connectivity index (χ0) is 13.0. The summed E-state index contributed by atoms with van der Waals surface area (Å²) in [4.78, 5) is 25.4. The van der Waals surface area contributed by atoms with Crippen molar-refractivity contribution in [2.24, 2.45) is 0 Å². The van der Waals surface area contributed by atoms with Gasteiger partial charge in [0.05, 0.1) is 13.2 Å². The van der Waals surface area contributed by atoms with Crippen LogP contribution in [0.2, 0.25) is 0 Å². The molecule has 2 heterocycles. The highest BCUT2D eigenvalue weighted by atomic mass is 16.5. The Bertz CT molecular complexity index is 327. The molecule has 2 aliphatic heterocycles. The Kier molecular flexibility index (Phi) is 4.19. The molecule has 18 heavy (non-hydrogen) atoms. The van der Waals surface area contributed by atoms with E-state index in [1.54, 1.807) is 0 Å². The van der Waals surface area contributed by atoms with Gasteiger partial charge in [0.25, 0.3) is 5.91 Å². The minimum Gasteiger partial charge on any atom is -0.380 e. The molecule has 3 amide bonds. The Morgan fingerprint density at radius 1 is 1.28 bits per heavy atom. The van der Waals surface area contributed by atoms with E-state index < -0.39 is 5.54 Å². The predicted molar refractivity (Wildman–Crippen MR) is 66.2 cm³/mol. The van der Waals surface area contributed by atoms with Gasteiger partial charge in [-0.25, -0.2) is 4.79 Å². The van der Waals surface area contributed by atoms with Crippen molar-refractivity contribution >= 4 is 11.9 Å². The number of ether oxygens (including phenoxy) is 1. The van der Waals surface area contributed by atoms with E-state index in [1.165, 1.54) is 4.90 Å². The molecule has 6 heteroatoms. The summed E-state index contributed by atoms with van der Waals surface area (Å²) in [6.07, 6.45) is 2.28. The van der Waals surface area contributed by atoms with Gasteiger partial charge in [-0.2, -0.15) is 0 Å². The Hall–Kier alpha value is -1.14. The highest BCUT2D eigenvalue weighted by Gasteiger charge is 2.51. The number of nitrogens with one attached hydrogen (secondary N) is 2. The van der Waals surface area contributed by atoms with Crippen LogP contribution in [0.3, 0.4) is 0 Å². The summed E-state index contributed by atoms with van der Waals surface area (Å²) >= 11 is 0. The quantitative estimate of drug-likeness (QED) is 0.539. The van der Waals surface area contributed by atoms with Crippen molar-refractivity contribution in [3.05, 3.63) is 0 Å². The maximum absolute atomic E-state index is 12.3. The highest BCUT2D eigenvalue weighted by Crippen LogP contribution is 2.26. The first-order chi connectivity index (χ1) is 8.69. The van der Waals surface area contributed by atoms with Crippen molar-refractivity contribution in [3.8, 4) is 0 Å². The topological polar surface area (TPSA) is 70.7 Å². The van der Waals surface area contributed by atoms with Crippen LogP contribution in [-0.2, 0) is 9.53 Å². The van der Waals surface area contributed by atoms with Gasteiger partial charge in [0.1, 0.15) is 5.54 Å². The zero-order valence-electron chi connectivity index (χ0n) is 10.8. The van der Waals surface area contributed by atoms with Crippen molar-refractivity contribution in [3.63, 3.8) is 0 Å². The molecule has 0 radical (unpaired) electrons. The van der Waals surface area contributed by atoms with Crippen molar-refractivity contribution in [2.45, 2.75) is 31.7 Å². The van der Waals surface area contributed by atoms with Crippen LogP contribution in [0, 0.1) is 0 Å². The van der Waals surface area contributed by atoms with Crippen molar-refractivity contribution in [1.82, 2.24) is 15.5 Å². The molecule has 2 saturated heterocycles. The van der Waals surface area contributed by atoms with E-state index in [9.17, 15) is 9.59 Å². The predicted octanol–water partition coefficient (Wildman–Crippen LogP) is 0.0870. The van der Waals surface area contributed by atoms with Crippen LogP contribution in [0.1, 0.15) is 26.2 Å². The van der Waals surface area contributed by atoms with E-state index in [0.717, 1.165) is 19.5 Å². The summed E-state index contributed by atoms with van der Waals surface area (Å²) in [7, 11) is 0. The van der Waals surface area contributed by atoms with E-state index in [1.807, 2.05) is 6.92 Å². The third kappa shape index (κ3) is 2.49. The smallest absolute Gasteiger partial charge is 0.325 e. The first-order valence-corrected chi connectivity index (χ1v) is 6.62.